The molecule has 1 saturated heterocycles. The Bertz CT molecular complexity index is 753. The monoisotopic (exact) mass is 361 g/mol. The van der Waals surface area contributed by atoms with E-state index < -0.39 is 0 Å². The minimum Gasteiger partial charge on any atom is -0.372 e. The summed E-state index contributed by atoms with van der Waals surface area (Å²) in [4.78, 5) is 14.4. The average Bonchev–Trinajstić information content (AvgIpc) is 3.10. The van der Waals surface area contributed by atoms with Crippen LogP contribution in [0.2, 0.25) is 10.0 Å². The molecule has 1 N–H and O–H groups in total. The molecule has 6 heteroatoms. The number of hydrazone groups is 1. The summed E-state index contributed by atoms with van der Waals surface area (Å²) in [5.41, 5.74) is 4.95. The van der Waals surface area contributed by atoms with Gasteiger partial charge in [-0.3, -0.25) is 4.79 Å². The Morgan fingerprint density at radius 3 is 2.46 bits per heavy atom. The summed E-state index contributed by atoms with van der Waals surface area (Å²) in [5.74, 6) is -0.374. The van der Waals surface area contributed by atoms with Crippen molar-refractivity contribution >= 4 is 41.0 Å². The fourth-order valence-electron chi connectivity index (χ4n) is 2.65. The van der Waals surface area contributed by atoms with Crippen LogP contribution >= 0.6 is 23.2 Å². The molecule has 1 fully saturated rings. The maximum absolute atomic E-state index is 12.0. The minimum absolute atomic E-state index is 0.296. The van der Waals surface area contributed by atoms with Crippen LogP contribution in [0.4, 0.5) is 5.69 Å². The highest BCUT2D eigenvalue weighted by Gasteiger charge is 2.12. The first-order chi connectivity index (χ1) is 11.6. The Morgan fingerprint density at radius 1 is 1.08 bits per heavy atom. The first-order valence-electron chi connectivity index (χ1n) is 7.77. The Hall–Kier alpha value is -2.04. The second-order valence-electron chi connectivity index (χ2n) is 5.61. The lowest BCUT2D eigenvalue weighted by atomic mass is 10.2. The van der Waals surface area contributed by atoms with E-state index in [0.717, 1.165) is 18.7 Å². The average molecular weight is 362 g/mol. The molecule has 0 unspecified atom stereocenters. The van der Waals surface area contributed by atoms with Gasteiger partial charge in [0.25, 0.3) is 5.91 Å². The van der Waals surface area contributed by atoms with Crippen molar-refractivity contribution in [2.24, 2.45) is 5.10 Å². The molecule has 2 aromatic rings. The van der Waals surface area contributed by atoms with Crippen molar-refractivity contribution in [3.05, 3.63) is 63.6 Å². The zero-order valence-electron chi connectivity index (χ0n) is 13.0. The van der Waals surface area contributed by atoms with E-state index in [9.17, 15) is 4.79 Å². The highest BCUT2D eigenvalue weighted by molar-refractivity contribution is 6.36. The number of halogens is 2. The van der Waals surface area contributed by atoms with E-state index in [1.807, 2.05) is 12.1 Å². The van der Waals surface area contributed by atoms with Gasteiger partial charge >= 0.3 is 0 Å². The van der Waals surface area contributed by atoms with Gasteiger partial charge in [0.1, 0.15) is 0 Å². The summed E-state index contributed by atoms with van der Waals surface area (Å²) in [5, 5.41) is 4.76. The Balaban J connectivity index is 1.60. The molecule has 0 spiro atoms. The number of carbonyl (C=O) groups is 1. The number of benzene rings is 2. The van der Waals surface area contributed by atoms with E-state index in [4.69, 9.17) is 23.2 Å². The highest BCUT2D eigenvalue weighted by Crippen LogP contribution is 2.21. The predicted molar refractivity (Wildman–Crippen MR) is 99.4 cm³/mol. The SMILES string of the molecule is O=C(N/N=C/c1ccc(N2CCCC2)cc1)c1ccc(Cl)cc1Cl. The fourth-order valence-corrected chi connectivity index (χ4v) is 3.14. The molecule has 3 rings (SSSR count). The van der Waals surface area contributed by atoms with Crippen LogP contribution in [0, 0.1) is 0 Å². The van der Waals surface area contributed by atoms with Gasteiger partial charge < -0.3 is 4.90 Å². The van der Waals surface area contributed by atoms with Crippen molar-refractivity contribution in [2.75, 3.05) is 18.0 Å². The topological polar surface area (TPSA) is 44.7 Å². The van der Waals surface area contributed by atoms with E-state index in [0.29, 0.717) is 15.6 Å². The first kappa shape index (κ1) is 16.8. The van der Waals surface area contributed by atoms with Gasteiger partial charge in [0.15, 0.2) is 0 Å². The largest absolute Gasteiger partial charge is 0.372 e. The Labute approximate surface area is 151 Å². The quantitative estimate of drug-likeness (QED) is 0.649. The van der Waals surface area contributed by atoms with Crippen LogP contribution in [0.15, 0.2) is 47.6 Å². The molecule has 2 aromatic carbocycles. The number of nitrogens with one attached hydrogen (secondary N) is 1. The molecule has 124 valence electrons. The van der Waals surface area contributed by atoms with Crippen LogP contribution in [0.3, 0.4) is 0 Å². The van der Waals surface area contributed by atoms with Gasteiger partial charge in [-0.25, -0.2) is 5.43 Å². The van der Waals surface area contributed by atoms with Crippen LogP contribution in [0.5, 0.6) is 0 Å². The van der Waals surface area contributed by atoms with Gasteiger partial charge in [-0.05, 0) is 48.7 Å². The van der Waals surface area contributed by atoms with Gasteiger partial charge in [0.2, 0.25) is 0 Å². The third kappa shape index (κ3) is 4.08. The number of rotatable bonds is 4. The standard InChI is InChI=1S/C18H17Cl2N3O/c19-14-5-8-16(17(20)11-14)18(24)22-21-12-13-3-6-15(7-4-13)23-9-1-2-10-23/h3-8,11-12H,1-2,9-10H2,(H,22,24)/b21-12+. The number of hydrogen-bond acceptors (Lipinski definition) is 3. The number of anilines is 1. The summed E-state index contributed by atoms with van der Waals surface area (Å²) < 4.78 is 0. The summed E-state index contributed by atoms with van der Waals surface area (Å²) in [6, 6.07) is 12.8. The predicted octanol–water partition coefficient (Wildman–Crippen LogP) is 4.36. The Morgan fingerprint density at radius 2 is 1.79 bits per heavy atom. The van der Waals surface area contributed by atoms with Crippen molar-refractivity contribution in [2.45, 2.75) is 12.8 Å². The van der Waals surface area contributed by atoms with Crippen LogP contribution in [-0.2, 0) is 0 Å². The van der Waals surface area contributed by atoms with Gasteiger partial charge in [-0.1, -0.05) is 35.3 Å². The molecule has 24 heavy (non-hydrogen) atoms. The Kier molecular flexibility index (Phi) is 5.38. The molecule has 0 saturated carbocycles. The van der Waals surface area contributed by atoms with E-state index >= 15 is 0 Å². The molecular formula is C18H17Cl2N3O. The zero-order chi connectivity index (χ0) is 16.9. The number of amides is 1. The number of hydrogen-bond donors (Lipinski definition) is 1. The minimum atomic E-state index is -0.374. The summed E-state index contributed by atoms with van der Waals surface area (Å²) in [6.07, 6.45) is 4.11. The molecule has 0 bridgehead atoms. The molecule has 1 aliphatic rings. The molecule has 0 aliphatic carbocycles. The van der Waals surface area contributed by atoms with Crippen molar-refractivity contribution in [1.29, 1.82) is 0 Å². The van der Waals surface area contributed by atoms with E-state index in [1.165, 1.54) is 24.6 Å². The van der Waals surface area contributed by atoms with Crippen molar-refractivity contribution in [1.82, 2.24) is 5.43 Å². The molecule has 1 heterocycles. The third-order valence-corrected chi connectivity index (χ3v) is 4.47. The molecular weight excluding hydrogens is 345 g/mol. The van der Waals surface area contributed by atoms with E-state index in [-0.39, 0.29) is 5.91 Å². The fraction of sp³-hybridized carbons (Fsp3) is 0.222. The second kappa shape index (κ2) is 7.69. The lowest BCUT2D eigenvalue weighted by Gasteiger charge is -2.17. The summed E-state index contributed by atoms with van der Waals surface area (Å²) in [7, 11) is 0. The van der Waals surface area contributed by atoms with Gasteiger partial charge in [0, 0.05) is 23.8 Å². The zero-order valence-corrected chi connectivity index (χ0v) is 14.5. The summed E-state index contributed by atoms with van der Waals surface area (Å²) >= 11 is 11.8. The first-order valence-corrected chi connectivity index (χ1v) is 8.52. The van der Waals surface area contributed by atoms with Crippen molar-refractivity contribution in [3.63, 3.8) is 0 Å². The second-order valence-corrected chi connectivity index (χ2v) is 6.45. The molecule has 0 aromatic heterocycles. The highest BCUT2D eigenvalue weighted by atomic mass is 35.5. The molecule has 4 nitrogen and oxygen atoms in total. The van der Waals surface area contributed by atoms with Gasteiger partial charge in [-0.2, -0.15) is 5.10 Å². The molecule has 1 amide bonds. The number of nitrogens with zero attached hydrogens (tertiary/aromatic N) is 2. The van der Waals surface area contributed by atoms with Crippen LogP contribution < -0.4 is 10.3 Å². The van der Waals surface area contributed by atoms with E-state index in [2.05, 4.69) is 27.6 Å². The normalized spacial score (nSPS) is 14.3. The number of carbonyl (C=O) groups excluding carboxylic acids is 1. The smallest absolute Gasteiger partial charge is 0.272 e. The lowest BCUT2D eigenvalue weighted by molar-refractivity contribution is 0.0955. The third-order valence-electron chi connectivity index (χ3n) is 3.92. The maximum atomic E-state index is 12.0. The lowest BCUT2D eigenvalue weighted by Crippen LogP contribution is -2.18. The van der Waals surface area contributed by atoms with Crippen LogP contribution in [-0.4, -0.2) is 25.2 Å². The van der Waals surface area contributed by atoms with Crippen molar-refractivity contribution in [3.8, 4) is 0 Å². The van der Waals surface area contributed by atoms with Crippen LogP contribution in [0.25, 0.3) is 0 Å². The molecule has 1 aliphatic heterocycles. The van der Waals surface area contributed by atoms with Crippen molar-refractivity contribution < 1.29 is 4.79 Å². The van der Waals surface area contributed by atoms with E-state index in [1.54, 1.807) is 18.3 Å². The molecule has 0 radical (unpaired) electrons. The molecule has 0 atom stereocenters. The van der Waals surface area contributed by atoms with Gasteiger partial charge in [-0.15, -0.1) is 0 Å². The van der Waals surface area contributed by atoms with Gasteiger partial charge in [0.05, 0.1) is 16.8 Å². The summed E-state index contributed by atoms with van der Waals surface area (Å²) in [6.45, 7) is 2.23. The van der Waals surface area contributed by atoms with Crippen LogP contribution in [0.1, 0.15) is 28.8 Å². The maximum Gasteiger partial charge on any atom is 0.272 e.